The Morgan fingerprint density at radius 3 is 2.50 bits per heavy atom. The van der Waals surface area contributed by atoms with E-state index in [0.717, 1.165) is 42.8 Å². The molecule has 1 aliphatic carbocycles. The third kappa shape index (κ3) is 3.07. The van der Waals surface area contributed by atoms with Crippen LogP contribution >= 0.6 is 0 Å². The number of amides is 1. The van der Waals surface area contributed by atoms with Crippen LogP contribution in [0.25, 0.3) is 0 Å². The molecule has 1 atom stereocenters. The van der Waals surface area contributed by atoms with Gasteiger partial charge in [-0.3, -0.25) is 9.69 Å². The van der Waals surface area contributed by atoms with Crippen molar-refractivity contribution in [2.45, 2.75) is 18.9 Å². The molecule has 1 amide bonds. The highest BCUT2D eigenvalue weighted by molar-refractivity contribution is 5.94. The zero-order valence-corrected chi connectivity index (χ0v) is 15.0. The molecule has 26 heavy (non-hydrogen) atoms. The molecule has 0 unspecified atom stereocenters. The summed E-state index contributed by atoms with van der Waals surface area (Å²) in [7, 11) is 1.61. The molecule has 136 valence electrons. The highest BCUT2D eigenvalue weighted by atomic mass is 19.1. The van der Waals surface area contributed by atoms with Crippen LogP contribution < -0.4 is 4.74 Å². The standard InChI is InChI=1S/C21H23FN2O2/c1-26-16-7-5-15(6-8-16)21(25)24-13-11-23(12-14-24)20-10-9-17-18(20)3-2-4-19(17)22/h2-8,20H,9-14H2,1H3/t20-/m1/s1. The monoisotopic (exact) mass is 354 g/mol. The smallest absolute Gasteiger partial charge is 0.253 e. The van der Waals surface area contributed by atoms with E-state index in [4.69, 9.17) is 4.74 Å². The van der Waals surface area contributed by atoms with Gasteiger partial charge in [-0.25, -0.2) is 4.39 Å². The Balaban J connectivity index is 1.40. The summed E-state index contributed by atoms with van der Waals surface area (Å²) < 4.78 is 19.1. The topological polar surface area (TPSA) is 32.8 Å². The molecule has 0 spiro atoms. The number of piperazine rings is 1. The van der Waals surface area contributed by atoms with Crippen LogP contribution in [0.4, 0.5) is 4.39 Å². The van der Waals surface area contributed by atoms with Crippen molar-refractivity contribution >= 4 is 5.91 Å². The summed E-state index contributed by atoms with van der Waals surface area (Å²) >= 11 is 0. The molecular weight excluding hydrogens is 331 g/mol. The van der Waals surface area contributed by atoms with Crippen molar-refractivity contribution in [1.29, 1.82) is 0 Å². The molecule has 1 fully saturated rings. The minimum absolute atomic E-state index is 0.0603. The summed E-state index contributed by atoms with van der Waals surface area (Å²) in [4.78, 5) is 17.0. The Hall–Kier alpha value is -2.40. The number of benzene rings is 2. The summed E-state index contributed by atoms with van der Waals surface area (Å²) in [6.07, 6.45) is 1.76. The third-order valence-corrected chi connectivity index (χ3v) is 5.56. The van der Waals surface area contributed by atoms with E-state index in [9.17, 15) is 9.18 Å². The minimum Gasteiger partial charge on any atom is -0.497 e. The van der Waals surface area contributed by atoms with E-state index in [1.165, 1.54) is 0 Å². The van der Waals surface area contributed by atoms with Gasteiger partial charge in [-0.15, -0.1) is 0 Å². The number of fused-ring (bicyclic) bond motifs is 1. The van der Waals surface area contributed by atoms with E-state index in [1.54, 1.807) is 19.2 Å². The number of hydrogen-bond donors (Lipinski definition) is 0. The average molecular weight is 354 g/mol. The van der Waals surface area contributed by atoms with E-state index < -0.39 is 0 Å². The van der Waals surface area contributed by atoms with Gasteiger partial charge in [-0.1, -0.05) is 12.1 Å². The molecule has 1 aliphatic heterocycles. The first-order chi connectivity index (χ1) is 12.7. The van der Waals surface area contributed by atoms with Gasteiger partial charge >= 0.3 is 0 Å². The molecule has 2 aliphatic rings. The Morgan fingerprint density at radius 2 is 1.81 bits per heavy atom. The van der Waals surface area contributed by atoms with Gasteiger partial charge in [0.05, 0.1) is 7.11 Å². The predicted octanol–water partition coefficient (Wildman–Crippen LogP) is 3.28. The molecule has 4 nitrogen and oxygen atoms in total. The van der Waals surface area contributed by atoms with Gasteiger partial charge in [0, 0.05) is 37.8 Å². The van der Waals surface area contributed by atoms with Gasteiger partial charge in [-0.2, -0.15) is 0 Å². The average Bonchev–Trinajstić information content (AvgIpc) is 3.13. The number of hydrogen-bond acceptors (Lipinski definition) is 3. The maximum Gasteiger partial charge on any atom is 0.253 e. The van der Waals surface area contributed by atoms with Crippen LogP contribution in [0.5, 0.6) is 5.75 Å². The number of halogens is 1. The second-order valence-electron chi connectivity index (χ2n) is 6.92. The maximum atomic E-state index is 14.0. The van der Waals surface area contributed by atoms with Crippen LogP contribution in [0.1, 0.15) is 33.9 Å². The van der Waals surface area contributed by atoms with Crippen LogP contribution in [-0.4, -0.2) is 49.0 Å². The fourth-order valence-electron chi connectivity index (χ4n) is 4.12. The molecule has 0 radical (unpaired) electrons. The first-order valence-corrected chi connectivity index (χ1v) is 9.12. The molecule has 0 N–H and O–H groups in total. The van der Waals surface area contributed by atoms with Gasteiger partial charge in [0.2, 0.25) is 0 Å². The highest BCUT2D eigenvalue weighted by Gasteiger charge is 2.32. The Morgan fingerprint density at radius 1 is 1.08 bits per heavy atom. The van der Waals surface area contributed by atoms with E-state index in [-0.39, 0.29) is 17.8 Å². The number of carbonyl (C=O) groups is 1. The Labute approximate surface area is 153 Å². The zero-order valence-electron chi connectivity index (χ0n) is 15.0. The van der Waals surface area contributed by atoms with E-state index >= 15 is 0 Å². The van der Waals surface area contributed by atoms with Crippen LogP contribution in [0, 0.1) is 5.82 Å². The summed E-state index contributed by atoms with van der Waals surface area (Å²) in [6, 6.07) is 12.9. The molecule has 0 saturated carbocycles. The van der Waals surface area contributed by atoms with E-state index in [2.05, 4.69) is 4.90 Å². The van der Waals surface area contributed by atoms with Crippen LogP contribution in [0.3, 0.4) is 0 Å². The Bertz CT molecular complexity index is 798. The maximum absolute atomic E-state index is 14.0. The first kappa shape index (κ1) is 17.0. The van der Waals surface area contributed by atoms with Gasteiger partial charge in [0.15, 0.2) is 0 Å². The van der Waals surface area contributed by atoms with Crippen LogP contribution in [0.15, 0.2) is 42.5 Å². The number of carbonyl (C=O) groups excluding carboxylic acids is 1. The molecule has 1 heterocycles. The summed E-state index contributed by atoms with van der Waals surface area (Å²) in [5.74, 6) is 0.724. The van der Waals surface area contributed by atoms with Crippen molar-refractivity contribution < 1.29 is 13.9 Å². The zero-order chi connectivity index (χ0) is 18.1. The van der Waals surface area contributed by atoms with Gasteiger partial charge in [0.1, 0.15) is 11.6 Å². The Kier molecular flexibility index (Phi) is 4.64. The van der Waals surface area contributed by atoms with Gasteiger partial charge in [0.25, 0.3) is 5.91 Å². The van der Waals surface area contributed by atoms with Crippen molar-refractivity contribution in [2.75, 3.05) is 33.3 Å². The van der Waals surface area contributed by atoms with Crippen molar-refractivity contribution in [3.63, 3.8) is 0 Å². The molecule has 2 aromatic carbocycles. The van der Waals surface area contributed by atoms with Crippen molar-refractivity contribution in [1.82, 2.24) is 9.80 Å². The lowest BCUT2D eigenvalue weighted by atomic mass is 10.1. The largest absolute Gasteiger partial charge is 0.497 e. The minimum atomic E-state index is -0.0849. The normalized spacial score (nSPS) is 20.1. The van der Waals surface area contributed by atoms with Crippen molar-refractivity contribution in [2.24, 2.45) is 0 Å². The van der Waals surface area contributed by atoms with Crippen LogP contribution in [0.2, 0.25) is 0 Å². The van der Waals surface area contributed by atoms with Gasteiger partial charge in [-0.05, 0) is 54.3 Å². The molecule has 2 aromatic rings. The number of rotatable bonds is 3. The third-order valence-electron chi connectivity index (χ3n) is 5.56. The number of ether oxygens (including phenoxy) is 1. The second-order valence-corrected chi connectivity index (χ2v) is 6.92. The molecule has 1 saturated heterocycles. The van der Waals surface area contributed by atoms with Crippen molar-refractivity contribution in [3.8, 4) is 5.75 Å². The lowest BCUT2D eigenvalue weighted by Crippen LogP contribution is -2.49. The fourth-order valence-corrected chi connectivity index (χ4v) is 4.12. The summed E-state index contributed by atoms with van der Waals surface area (Å²) in [5, 5.41) is 0. The predicted molar refractivity (Wildman–Crippen MR) is 97.9 cm³/mol. The van der Waals surface area contributed by atoms with E-state index in [1.807, 2.05) is 35.2 Å². The first-order valence-electron chi connectivity index (χ1n) is 9.12. The lowest BCUT2D eigenvalue weighted by molar-refractivity contribution is 0.0568. The van der Waals surface area contributed by atoms with Crippen molar-refractivity contribution in [3.05, 3.63) is 65.0 Å². The fraction of sp³-hybridized carbons (Fsp3) is 0.381. The number of nitrogens with zero attached hydrogens (tertiary/aromatic N) is 2. The highest BCUT2D eigenvalue weighted by Crippen LogP contribution is 2.37. The van der Waals surface area contributed by atoms with Gasteiger partial charge < -0.3 is 9.64 Å². The second kappa shape index (κ2) is 7.08. The molecular formula is C21H23FN2O2. The molecule has 0 bridgehead atoms. The lowest BCUT2D eigenvalue weighted by Gasteiger charge is -2.38. The van der Waals surface area contributed by atoms with Crippen LogP contribution in [-0.2, 0) is 6.42 Å². The van der Waals surface area contributed by atoms with E-state index in [0.29, 0.717) is 18.7 Å². The SMILES string of the molecule is COc1ccc(C(=O)N2CCN([C@@H]3CCc4c(F)cccc43)CC2)cc1. The molecule has 4 rings (SSSR count). The summed E-state index contributed by atoms with van der Waals surface area (Å²) in [6.45, 7) is 3.04. The molecule has 0 aromatic heterocycles. The quantitative estimate of drug-likeness (QED) is 0.848. The summed E-state index contributed by atoms with van der Waals surface area (Å²) in [5.41, 5.74) is 2.68. The number of methoxy groups -OCH3 is 1. The molecule has 5 heteroatoms.